The molecule has 0 bridgehead atoms. The number of carbonyl (C=O) groups is 1. The van der Waals surface area contributed by atoms with Gasteiger partial charge in [-0.3, -0.25) is 0 Å². The van der Waals surface area contributed by atoms with E-state index in [1.54, 1.807) is 0 Å². The Morgan fingerprint density at radius 3 is 2.67 bits per heavy atom. The van der Waals surface area contributed by atoms with Gasteiger partial charge >= 0.3 is 18.2 Å². The van der Waals surface area contributed by atoms with Gasteiger partial charge in [-0.1, -0.05) is 0 Å². The molecule has 0 aliphatic carbocycles. The number of alkyl halides is 2. The number of amides is 1. The molecule has 0 aromatic rings. The monoisotopic (exact) mass is 177 g/mol. The summed E-state index contributed by atoms with van der Waals surface area (Å²) in [5, 5.41) is 6.19. The number of carbonyl (C=O) groups excluding carboxylic acids is 1. The fourth-order valence-corrected chi connectivity index (χ4v) is 0.674. The maximum Gasteiger partial charge on any atom is 0.407 e. The van der Waals surface area contributed by atoms with Crippen LogP contribution in [0.15, 0.2) is 22.5 Å². The van der Waals surface area contributed by atoms with E-state index in [0.29, 0.717) is 0 Å². The van der Waals surface area contributed by atoms with Gasteiger partial charge in [0.15, 0.2) is 0 Å². The predicted octanol–water partition coefficient (Wildman–Crippen LogP) is 1.02. The summed E-state index contributed by atoms with van der Waals surface area (Å²) in [6, 6.07) is 0. The van der Waals surface area contributed by atoms with Crippen molar-refractivity contribution in [2.24, 2.45) is 16.0 Å². The summed E-state index contributed by atoms with van der Waals surface area (Å²) in [6.45, 7) is 0. The summed E-state index contributed by atoms with van der Waals surface area (Å²) in [6.07, 6.45) is -2.43. The van der Waals surface area contributed by atoms with Crippen LogP contribution in [0.3, 0.4) is 0 Å². The van der Waals surface area contributed by atoms with E-state index in [1.807, 2.05) is 0 Å². The number of azo groups is 1. The third kappa shape index (κ3) is 1.39. The van der Waals surface area contributed by atoms with Crippen molar-refractivity contribution in [1.82, 2.24) is 0 Å². The third-order valence-electron chi connectivity index (χ3n) is 1.17. The van der Waals surface area contributed by atoms with Crippen LogP contribution in [0.1, 0.15) is 0 Å². The van der Waals surface area contributed by atoms with Gasteiger partial charge < -0.3 is 10.5 Å². The average Bonchev–Trinajstić information content (AvgIpc) is 2.35. The van der Waals surface area contributed by atoms with Crippen LogP contribution in [0.25, 0.3) is 0 Å². The second kappa shape index (κ2) is 2.84. The van der Waals surface area contributed by atoms with Crippen molar-refractivity contribution < 1.29 is 18.3 Å². The van der Waals surface area contributed by atoms with E-state index in [-0.39, 0.29) is 0 Å². The second-order valence-corrected chi connectivity index (χ2v) is 2.00. The fraction of sp³-hybridized carbons (Fsp3) is 0.400. The molecule has 1 amide bonds. The topological polar surface area (TPSA) is 77.0 Å². The Balaban J connectivity index is 2.81. The Morgan fingerprint density at radius 1 is 1.67 bits per heavy atom. The van der Waals surface area contributed by atoms with Gasteiger partial charge in [0.25, 0.3) is 0 Å². The van der Waals surface area contributed by atoms with E-state index in [0.717, 1.165) is 12.3 Å². The van der Waals surface area contributed by atoms with E-state index in [9.17, 15) is 13.6 Å². The first-order chi connectivity index (χ1) is 5.57. The standard InChI is InChI=1S/C5H5F2N3O2/c6-3(7)5(12-4(8)11)1-2-9-10-5/h1-3H,(H2,8,11). The summed E-state index contributed by atoms with van der Waals surface area (Å²) >= 11 is 0. The molecule has 0 radical (unpaired) electrons. The van der Waals surface area contributed by atoms with Crippen LogP contribution >= 0.6 is 0 Å². The van der Waals surface area contributed by atoms with E-state index in [2.05, 4.69) is 20.7 Å². The molecule has 1 atom stereocenters. The molecule has 5 nitrogen and oxygen atoms in total. The zero-order valence-electron chi connectivity index (χ0n) is 5.78. The Kier molecular flexibility index (Phi) is 2.03. The van der Waals surface area contributed by atoms with Crippen LogP contribution in [0, 0.1) is 0 Å². The van der Waals surface area contributed by atoms with Gasteiger partial charge in [0.2, 0.25) is 0 Å². The molecule has 12 heavy (non-hydrogen) atoms. The SMILES string of the molecule is NC(=O)OC1(C(F)F)C=CN=N1. The molecule has 7 heteroatoms. The molecule has 0 aromatic carbocycles. The van der Waals surface area contributed by atoms with Crippen LogP contribution in [0.5, 0.6) is 0 Å². The van der Waals surface area contributed by atoms with Crippen molar-refractivity contribution in [2.45, 2.75) is 12.2 Å². The third-order valence-corrected chi connectivity index (χ3v) is 1.17. The number of ether oxygens (including phenoxy) is 1. The van der Waals surface area contributed by atoms with E-state index >= 15 is 0 Å². The number of nitrogens with zero attached hydrogens (tertiary/aromatic N) is 2. The Morgan fingerprint density at radius 2 is 2.33 bits per heavy atom. The lowest BCUT2D eigenvalue weighted by atomic mass is 10.2. The van der Waals surface area contributed by atoms with Crippen LogP contribution in [-0.2, 0) is 4.74 Å². The molecule has 0 saturated heterocycles. The zero-order chi connectivity index (χ0) is 9.19. The molecule has 66 valence electrons. The lowest BCUT2D eigenvalue weighted by molar-refractivity contribution is -0.0622. The van der Waals surface area contributed by atoms with Crippen molar-refractivity contribution in [3.05, 3.63) is 12.3 Å². The van der Waals surface area contributed by atoms with Gasteiger partial charge in [-0.2, -0.15) is 5.11 Å². The summed E-state index contributed by atoms with van der Waals surface area (Å²) in [7, 11) is 0. The average molecular weight is 177 g/mol. The van der Waals surface area contributed by atoms with Crippen LogP contribution < -0.4 is 5.73 Å². The van der Waals surface area contributed by atoms with Crippen molar-refractivity contribution in [2.75, 3.05) is 0 Å². The minimum Gasteiger partial charge on any atom is -0.409 e. The molecule has 0 aromatic heterocycles. The maximum atomic E-state index is 12.2. The maximum absolute atomic E-state index is 12.2. The first-order valence-electron chi connectivity index (χ1n) is 2.93. The molecule has 1 heterocycles. The van der Waals surface area contributed by atoms with Crippen molar-refractivity contribution >= 4 is 6.09 Å². The molecule has 0 spiro atoms. The molecule has 0 fully saturated rings. The van der Waals surface area contributed by atoms with Crippen LogP contribution in [-0.4, -0.2) is 18.2 Å². The molecule has 1 aliphatic heterocycles. The molecular formula is C5H5F2N3O2. The van der Waals surface area contributed by atoms with Crippen LogP contribution in [0.4, 0.5) is 13.6 Å². The largest absolute Gasteiger partial charge is 0.409 e. The number of nitrogens with two attached hydrogens (primary N) is 1. The Labute approximate surface area is 65.9 Å². The van der Waals surface area contributed by atoms with Gasteiger partial charge in [0, 0.05) is 6.08 Å². The number of primary amides is 1. The van der Waals surface area contributed by atoms with Crippen molar-refractivity contribution in [3.63, 3.8) is 0 Å². The normalized spacial score (nSPS) is 26.6. The molecule has 1 unspecified atom stereocenters. The Hall–Kier alpha value is -1.53. The van der Waals surface area contributed by atoms with Crippen molar-refractivity contribution in [3.8, 4) is 0 Å². The van der Waals surface area contributed by atoms with Crippen molar-refractivity contribution in [1.29, 1.82) is 0 Å². The predicted molar refractivity (Wildman–Crippen MR) is 33.4 cm³/mol. The molecule has 1 aliphatic rings. The first-order valence-corrected chi connectivity index (χ1v) is 2.93. The van der Waals surface area contributed by atoms with E-state index in [4.69, 9.17) is 0 Å². The fourth-order valence-electron chi connectivity index (χ4n) is 0.674. The minimum atomic E-state index is -2.98. The Bertz CT molecular complexity index is 239. The lowest BCUT2D eigenvalue weighted by Gasteiger charge is -2.19. The first kappa shape index (κ1) is 8.57. The highest BCUT2D eigenvalue weighted by Crippen LogP contribution is 2.28. The molecular weight excluding hydrogens is 172 g/mol. The zero-order valence-corrected chi connectivity index (χ0v) is 5.78. The van der Waals surface area contributed by atoms with Gasteiger partial charge in [-0.05, 0) is 0 Å². The quantitative estimate of drug-likeness (QED) is 0.683. The summed E-state index contributed by atoms with van der Waals surface area (Å²) in [4.78, 5) is 10.2. The highest BCUT2D eigenvalue weighted by Gasteiger charge is 2.43. The van der Waals surface area contributed by atoms with Gasteiger partial charge in [0.05, 0.1) is 6.20 Å². The summed E-state index contributed by atoms with van der Waals surface area (Å²) in [5.74, 6) is 0. The number of hydrogen-bond donors (Lipinski definition) is 1. The summed E-state index contributed by atoms with van der Waals surface area (Å²) < 4.78 is 28.5. The summed E-state index contributed by atoms with van der Waals surface area (Å²) in [5.41, 5.74) is 2.25. The van der Waals surface area contributed by atoms with Gasteiger partial charge in [-0.25, -0.2) is 13.6 Å². The second-order valence-electron chi connectivity index (χ2n) is 2.00. The van der Waals surface area contributed by atoms with Gasteiger partial charge in [-0.15, -0.1) is 5.11 Å². The number of halogens is 2. The van der Waals surface area contributed by atoms with E-state index in [1.165, 1.54) is 0 Å². The molecule has 0 saturated carbocycles. The lowest BCUT2D eigenvalue weighted by Crippen LogP contribution is -2.39. The molecule has 1 rings (SSSR count). The van der Waals surface area contributed by atoms with Crippen LogP contribution in [0.2, 0.25) is 0 Å². The highest BCUT2D eigenvalue weighted by molar-refractivity contribution is 5.65. The van der Waals surface area contributed by atoms with Gasteiger partial charge in [0.1, 0.15) is 0 Å². The highest BCUT2D eigenvalue weighted by atomic mass is 19.3. The van der Waals surface area contributed by atoms with E-state index < -0.39 is 18.2 Å². The minimum absolute atomic E-state index is 0.864. The smallest absolute Gasteiger partial charge is 0.407 e. The number of rotatable bonds is 2. The molecule has 2 N–H and O–H groups in total. The number of hydrogen-bond acceptors (Lipinski definition) is 4.